The number of hydrazone groups is 1. The van der Waals surface area contributed by atoms with Crippen LogP contribution in [0.2, 0.25) is 0 Å². The molecule has 3 aromatic rings. The number of nitrogens with one attached hydrogen (secondary N) is 1. The van der Waals surface area contributed by atoms with Crippen LogP contribution >= 0.6 is 0 Å². The third kappa shape index (κ3) is 3.44. The number of benzene rings is 1. The summed E-state index contributed by atoms with van der Waals surface area (Å²) in [6.45, 7) is 1.71. The zero-order valence-corrected chi connectivity index (χ0v) is 14.7. The molecule has 1 fully saturated rings. The molecule has 7 heteroatoms. The molecular weight excluding hydrogens is 342 g/mol. The lowest BCUT2D eigenvalue weighted by molar-refractivity contribution is 0.0955. The highest BCUT2D eigenvalue weighted by molar-refractivity contribution is 5.95. The van der Waals surface area contributed by atoms with E-state index in [0.717, 1.165) is 25.9 Å². The van der Waals surface area contributed by atoms with Crippen molar-refractivity contribution in [3.8, 4) is 0 Å². The van der Waals surface area contributed by atoms with E-state index in [-0.39, 0.29) is 11.5 Å². The van der Waals surface area contributed by atoms with Gasteiger partial charge in [0.25, 0.3) is 11.5 Å². The molecule has 0 atom stereocenters. The summed E-state index contributed by atoms with van der Waals surface area (Å²) in [5.74, 6) is 0.282. The summed E-state index contributed by atoms with van der Waals surface area (Å²) < 4.78 is 1.49. The zero-order chi connectivity index (χ0) is 18.6. The third-order valence-corrected chi connectivity index (χ3v) is 4.55. The summed E-state index contributed by atoms with van der Waals surface area (Å²) in [4.78, 5) is 31.8. The largest absolute Gasteiger partial charge is 0.356 e. The second-order valence-corrected chi connectivity index (χ2v) is 6.34. The molecule has 1 amide bonds. The average molecular weight is 361 g/mol. The van der Waals surface area contributed by atoms with Gasteiger partial charge in [-0.05, 0) is 37.1 Å². The molecular formula is C20H19N5O2. The van der Waals surface area contributed by atoms with Crippen molar-refractivity contribution in [1.29, 1.82) is 0 Å². The Balaban J connectivity index is 1.69. The van der Waals surface area contributed by atoms with Gasteiger partial charge >= 0.3 is 0 Å². The van der Waals surface area contributed by atoms with Gasteiger partial charge in [-0.2, -0.15) is 5.10 Å². The number of carbonyl (C=O) groups excluding carboxylic acids is 1. The van der Waals surface area contributed by atoms with Gasteiger partial charge in [0, 0.05) is 24.8 Å². The van der Waals surface area contributed by atoms with E-state index in [2.05, 4.69) is 20.4 Å². The Morgan fingerprint density at radius 3 is 2.59 bits per heavy atom. The smallest absolute Gasteiger partial charge is 0.271 e. The Morgan fingerprint density at radius 1 is 1.07 bits per heavy atom. The van der Waals surface area contributed by atoms with Gasteiger partial charge < -0.3 is 4.90 Å². The molecule has 27 heavy (non-hydrogen) atoms. The third-order valence-electron chi connectivity index (χ3n) is 4.55. The van der Waals surface area contributed by atoms with Crippen LogP contribution in [0.1, 0.15) is 28.8 Å². The fourth-order valence-electron chi connectivity index (χ4n) is 3.18. The van der Waals surface area contributed by atoms with E-state index in [1.807, 2.05) is 12.1 Å². The standard InChI is InChI=1S/C20H19N5O2/c26-19(15-8-2-1-3-9-15)23-21-14-16-18(24-11-6-7-12-24)22-17-10-4-5-13-25(17)20(16)27/h1-5,8-10,13-14H,6-7,11-12H2,(H,23,26)/b21-14-. The van der Waals surface area contributed by atoms with E-state index in [4.69, 9.17) is 0 Å². The fourth-order valence-corrected chi connectivity index (χ4v) is 3.18. The maximum atomic E-state index is 12.9. The van der Waals surface area contributed by atoms with Crippen molar-refractivity contribution >= 4 is 23.6 Å². The van der Waals surface area contributed by atoms with Crippen molar-refractivity contribution in [2.75, 3.05) is 18.0 Å². The summed E-state index contributed by atoms with van der Waals surface area (Å²) in [5, 5.41) is 4.01. The van der Waals surface area contributed by atoms with Gasteiger partial charge in [-0.15, -0.1) is 0 Å². The summed E-state index contributed by atoms with van der Waals surface area (Å²) in [7, 11) is 0. The number of carbonyl (C=O) groups is 1. The predicted octanol–water partition coefficient (Wildman–Crippen LogP) is 2.06. The van der Waals surface area contributed by atoms with Crippen molar-refractivity contribution in [2.24, 2.45) is 5.10 Å². The lowest BCUT2D eigenvalue weighted by Gasteiger charge is -2.18. The number of nitrogens with zero attached hydrogens (tertiary/aromatic N) is 4. The van der Waals surface area contributed by atoms with Crippen LogP contribution < -0.4 is 15.9 Å². The quantitative estimate of drug-likeness (QED) is 0.570. The monoisotopic (exact) mass is 361 g/mol. The van der Waals surface area contributed by atoms with Gasteiger partial charge in [0.15, 0.2) is 0 Å². The van der Waals surface area contributed by atoms with Gasteiger partial charge in [0.05, 0.1) is 6.21 Å². The lowest BCUT2D eigenvalue weighted by Crippen LogP contribution is -2.28. The molecule has 1 saturated heterocycles. The van der Waals surface area contributed by atoms with Crippen LogP contribution in [0.5, 0.6) is 0 Å². The number of aromatic nitrogens is 2. The second kappa shape index (κ2) is 7.41. The Labute approximate surface area is 156 Å². The van der Waals surface area contributed by atoms with Crippen LogP contribution in [0.25, 0.3) is 5.65 Å². The molecule has 136 valence electrons. The first-order chi connectivity index (χ1) is 13.2. The van der Waals surface area contributed by atoms with E-state index < -0.39 is 0 Å². The number of amides is 1. The maximum absolute atomic E-state index is 12.9. The average Bonchev–Trinajstić information content (AvgIpc) is 3.25. The van der Waals surface area contributed by atoms with Crippen LogP contribution in [0.4, 0.5) is 5.82 Å². The SMILES string of the molecule is O=C(N/N=C\c1c(N2CCCC2)nc2ccccn2c1=O)c1ccccc1. The first kappa shape index (κ1) is 17.0. The maximum Gasteiger partial charge on any atom is 0.271 e. The topological polar surface area (TPSA) is 79.1 Å². The van der Waals surface area contributed by atoms with Crippen LogP contribution in [0.3, 0.4) is 0 Å². The first-order valence-electron chi connectivity index (χ1n) is 8.89. The molecule has 1 aliphatic heterocycles. The molecule has 0 radical (unpaired) electrons. The van der Waals surface area contributed by atoms with E-state index >= 15 is 0 Å². The predicted molar refractivity (Wildman–Crippen MR) is 104 cm³/mol. The minimum absolute atomic E-state index is 0.208. The van der Waals surface area contributed by atoms with Crippen molar-refractivity contribution in [3.63, 3.8) is 0 Å². The Bertz CT molecular complexity index is 1050. The lowest BCUT2D eigenvalue weighted by atomic mass is 10.2. The Kier molecular flexibility index (Phi) is 4.65. The summed E-state index contributed by atoms with van der Waals surface area (Å²) in [5.41, 5.74) is 3.73. The van der Waals surface area contributed by atoms with E-state index in [9.17, 15) is 9.59 Å². The number of pyridine rings is 1. The number of hydrogen-bond donors (Lipinski definition) is 1. The van der Waals surface area contributed by atoms with Crippen molar-refractivity contribution in [2.45, 2.75) is 12.8 Å². The van der Waals surface area contributed by atoms with Crippen molar-refractivity contribution < 1.29 is 4.79 Å². The number of hydrogen-bond acceptors (Lipinski definition) is 5. The first-order valence-corrected chi connectivity index (χ1v) is 8.89. The highest BCUT2D eigenvalue weighted by Crippen LogP contribution is 2.20. The summed E-state index contributed by atoms with van der Waals surface area (Å²) in [6, 6.07) is 14.2. The minimum atomic E-state index is -0.330. The van der Waals surface area contributed by atoms with Gasteiger partial charge in [0.1, 0.15) is 17.0 Å². The Morgan fingerprint density at radius 2 is 1.81 bits per heavy atom. The molecule has 0 saturated carbocycles. The molecule has 0 unspecified atom stereocenters. The molecule has 0 aliphatic carbocycles. The van der Waals surface area contributed by atoms with Crippen LogP contribution in [-0.4, -0.2) is 34.6 Å². The zero-order valence-electron chi connectivity index (χ0n) is 14.7. The van der Waals surface area contributed by atoms with Crippen LogP contribution in [0, 0.1) is 0 Å². The number of anilines is 1. The van der Waals surface area contributed by atoms with Crippen molar-refractivity contribution in [3.05, 3.63) is 76.2 Å². The second-order valence-electron chi connectivity index (χ2n) is 6.34. The van der Waals surface area contributed by atoms with Gasteiger partial charge in [0.2, 0.25) is 0 Å². The number of fused-ring (bicyclic) bond motifs is 1. The van der Waals surface area contributed by atoms with Gasteiger partial charge in [-0.3, -0.25) is 14.0 Å². The molecule has 3 heterocycles. The highest BCUT2D eigenvalue weighted by Gasteiger charge is 2.20. The highest BCUT2D eigenvalue weighted by atomic mass is 16.2. The van der Waals surface area contributed by atoms with E-state index in [0.29, 0.717) is 22.6 Å². The molecule has 4 rings (SSSR count). The summed E-state index contributed by atoms with van der Waals surface area (Å²) >= 11 is 0. The molecule has 1 N–H and O–H groups in total. The molecule has 1 aromatic carbocycles. The fraction of sp³-hybridized carbons (Fsp3) is 0.200. The van der Waals surface area contributed by atoms with Gasteiger partial charge in [-0.25, -0.2) is 10.4 Å². The van der Waals surface area contributed by atoms with E-state index in [1.54, 1.807) is 42.6 Å². The number of rotatable bonds is 4. The van der Waals surface area contributed by atoms with Gasteiger partial charge in [-0.1, -0.05) is 24.3 Å². The molecule has 0 spiro atoms. The normalized spacial score (nSPS) is 14.1. The summed E-state index contributed by atoms with van der Waals surface area (Å²) in [6.07, 6.45) is 5.20. The minimum Gasteiger partial charge on any atom is -0.356 e. The Hall–Kier alpha value is -3.48. The molecule has 1 aliphatic rings. The molecule has 7 nitrogen and oxygen atoms in total. The molecule has 2 aromatic heterocycles. The van der Waals surface area contributed by atoms with E-state index in [1.165, 1.54) is 10.6 Å². The van der Waals surface area contributed by atoms with Crippen LogP contribution in [0.15, 0.2) is 64.6 Å². The van der Waals surface area contributed by atoms with Crippen molar-refractivity contribution in [1.82, 2.24) is 14.8 Å². The van der Waals surface area contributed by atoms with Crippen LogP contribution in [-0.2, 0) is 0 Å². The molecule has 0 bridgehead atoms.